The molecule has 2 heterocycles. The third kappa shape index (κ3) is 5.25. The molecule has 0 unspecified atom stereocenters. The number of hydrogen-bond donors (Lipinski definition) is 2. The molecule has 172 valence electrons. The van der Waals surface area contributed by atoms with E-state index in [1.165, 1.54) is 0 Å². The van der Waals surface area contributed by atoms with E-state index in [1.807, 2.05) is 60.7 Å². The average molecular weight is 462 g/mol. The second kappa shape index (κ2) is 10.0. The lowest BCUT2D eigenvalue weighted by atomic mass is 10.1. The number of anilines is 1. The van der Waals surface area contributed by atoms with E-state index in [2.05, 4.69) is 25.1 Å². The van der Waals surface area contributed by atoms with E-state index in [0.29, 0.717) is 29.9 Å². The van der Waals surface area contributed by atoms with Crippen LogP contribution >= 0.6 is 0 Å². The van der Waals surface area contributed by atoms with Crippen LogP contribution in [0.5, 0.6) is 11.5 Å². The quantitative estimate of drug-likeness (QED) is 0.264. The SMILES string of the molecule is Oc1ccc2ccc(O)c(/N=N/c3ccc(N(Cc4ccccn4)Cc4ccccn4)cc3)c2c1. The Labute approximate surface area is 202 Å². The zero-order valence-electron chi connectivity index (χ0n) is 18.9. The number of nitrogens with zero attached hydrogens (tertiary/aromatic N) is 5. The Bertz CT molecular complexity index is 1410. The zero-order valence-corrected chi connectivity index (χ0v) is 18.9. The van der Waals surface area contributed by atoms with E-state index in [0.717, 1.165) is 22.5 Å². The lowest BCUT2D eigenvalue weighted by Crippen LogP contribution is -2.23. The number of phenols is 2. The van der Waals surface area contributed by atoms with Crippen LogP contribution in [0.2, 0.25) is 0 Å². The number of benzene rings is 3. The molecular weight excluding hydrogens is 438 g/mol. The summed E-state index contributed by atoms with van der Waals surface area (Å²) in [5, 5.41) is 30.3. The van der Waals surface area contributed by atoms with Crippen LogP contribution in [0.15, 0.2) is 114 Å². The fourth-order valence-electron chi connectivity index (χ4n) is 3.84. The molecule has 0 saturated heterocycles. The van der Waals surface area contributed by atoms with Crippen molar-refractivity contribution in [1.29, 1.82) is 0 Å². The molecular formula is C28H23N5O2. The normalized spacial score (nSPS) is 11.2. The first-order valence-electron chi connectivity index (χ1n) is 11.2. The third-order valence-corrected chi connectivity index (χ3v) is 5.59. The van der Waals surface area contributed by atoms with E-state index in [9.17, 15) is 10.2 Å². The van der Waals surface area contributed by atoms with Gasteiger partial charge in [0.1, 0.15) is 17.2 Å². The molecule has 2 N–H and O–H groups in total. The largest absolute Gasteiger partial charge is 0.508 e. The Hall–Kier alpha value is -4.78. The smallest absolute Gasteiger partial charge is 0.143 e. The van der Waals surface area contributed by atoms with Gasteiger partial charge in [0.2, 0.25) is 0 Å². The lowest BCUT2D eigenvalue weighted by Gasteiger charge is -2.24. The van der Waals surface area contributed by atoms with Gasteiger partial charge in [0.15, 0.2) is 0 Å². The van der Waals surface area contributed by atoms with Gasteiger partial charge in [-0.3, -0.25) is 9.97 Å². The van der Waals surface area contributed by atoms with Gasteiger partial charge in [-0.2, -0.15) is 5.11 Å². The fourth-order valence-corrected chi connectivity index (χ4v) is 3.84. The molecule has 0 saturated carbocycles. The van der Waals surface area contributed by atoms with Gasteiger partial charge >= 0.3 is 0 Å². The minimum absolute atomic E-state index is 0.000340. The van der Waals surface area contributed by atoms with Gasteiger partial charge in [0, 0.05) is 23.5 Å². The number of rotatable bonds is 7. The standard InChI is InChI=1S/C28H23N5O2/c34-25-13-7-20-8-14-27(35)28(26(20)17-25)32-31-21-9-11-24(12-10-21)33(18-22-5-1-3-15-29-22)19-23-6-2-4-16-30-23/h1-17,34-35H,18-19H2/b32-31+. The van der Waals surface area contributed by atoms with Gasteiger partial charge in [-0.05, 0) is 72.1 Å². The van der Waals surface area contributed by atoms with Crippen molar-refractivity contribution in [2.45, 2.75) is 13.1 Å². The van der Waals surface area contributed by atoms with E-state index in [-0.39, 0.29) is 11.5 Å². The second-order valence-corrected chi connectivity index (χ2v) is 8.05. The van der Waals surface area contributed by atoms with Gasteiger partial charge in [-0.25, -0.2) is 0 Å². The van der Waals surface area contributed by atoms with Crippen molar-refractivity contribution in [1.82, 2.24) is 9.97 Å². The van der Waals surface area contributed by atoms with Gasteiger partial charge < -0.3 is 15.1 Å². The van der Waals surface area contributed by atoms with Crippen molar-refractivity contribution < 1.29 is 10.2 Å². The van der Waals surface area contributed by atoms with Crippen LogP contribution in [0.4, 0.5) is 17.1 Å². The van der Waals surface area contributed by atoms with E-state index in [4.69, 9.17) is 0 Å². The van der Waals surface area contributed by atoms with E-state index < -0.39 is 0 Å². The molecule has 0 aliphatic carbocycles. The predicted octanol–water partition coefficient (Wildman–Crippen LogP) is 6.66. The van der Waals surface area contributed by atoms with Crippen LogP contribution in [0.25, 0.3) is 10.8 Å². The second-order valence-electron chi connectivity index (χ2n) is 8.05. The van der Waals surface area contributed by atoms with Crippen LogP contribution in [0.3, 0.4) is 0 Å². The molecule has 7 nitrogen and oxygen atoms in total. The maximum Gasteiger partial charge on any atom is 0.143 e. The first-order valence-corrected chi connectivity index (χ1v) is 11.2. The van der Waals surface area contributed by atoms with E-state index >= 15 is 0 Å². The fraction of sp³-hybridized carbons (Fsp3) is 0.0714. The zero-order chi connectivity index (χ0) is 24.0. The van der Waals surface area contributed by atoms with Crippen LogP contribution in [0, 0.1) is 0 Å². The summed E-state index contributed by atoms with van der Waals surface area (Å²) in [6.45, 7) is 1.26. The lowest BCUT2D eigenvalue weighted by molar-refractivity contribution is 0.475. The molecule has 2 aromatic heterocycles. The Balaban J connectivity index is 1.41. The highest BCUT2D eigenvalue weighted by molar-refractivity contribution is 5.96. The van der Waals surface area contributed by atoms with Gasteiger partial charge in [-0.1, -0.05) is 24.3 Å². The Morgan fingerprint density at radius 1 is 0.686 bits per heavy atom. The number of aromatic nitrogens is 2. The van der Waals surface area contributed by atoms with Crippen molar-refractivity contribution in [2.24, 2.45) is 10.2 Å². The van der Waals surface area contributed by atoms with Crippen molar-refractivity contribution in [2.75, 3.05) is 4.90 Å². The van der Waals surface area contributed by atoms with Gasteiger partial charge in [0.05, 0.1) is 30.2 Å². The summed E-state index contributed by atoms with van der Waals surface area (Å²) in [5.74, 6) is 0.102. The monoisotopic (exact) mass is 461 g/mol. The summed E-state index contributed by atoms with van der Waals surface area (Å²) in [7, 11) is 0. The molecule has 0 aliphatic heterocycles. The highest BCUT2D eigenvalue weighted by atomic mass is 16.3. The van der Waals surface area contributed by atoms with Gasteiger partial charge in [-0.15, -0.1) is 5.11 Å². The first kappa shape index (κ1) is 22.0. The molecule has 7 heteroatoms. The number of fused-ring (bicyclic) bond motifs is 1. The number of azo groups is 1. The highest BCUT2D eigenvalue weighted by Gasteiger charge is 2.11. The molecule has 5 rings (SSSR count). The topological polar surface area (TPSA) is 94.2 Å². The molecule has 35 heavy (non-hydrogen) atoms. The minimum atomic E-state index is 0.000340. The first-order chi connectivity index (χ1) is 17.2. The molecule has 5 aromatic rings. The molecule has 0 atom stereocenters. The van der Waals surface area contributed by atoms with Crippen LogP contribution in [-0.2, 0) is 13.1 Å². The Morgan fingerprint density at radius 2 is 1.34 bits per heavy atom. The predicted molar refractivity (Wildman–Crippen MR) is 136 cm³/mol. The van der Waals surface area contributed by atoms with Crippen LogP contribution in [0.1, 0.15) is 11.4 Å². The number of hydrogen-bond acceptors (Lipinski definition) is 7. The molecule has 0 bridgehead atoms. The highest BCUT2D eigenvalue weighted by Crippen LogP contribution is 2.37. The van der Waals surface area contributed by atoms with E-state index in [1.54, 1.807) is 42.7 Å². The molecule has 0 aliphatic rings. The summed E-state index contributed by atoms with van der Waals surface area (Å²) in [6, 6.07) is 27.8. The maximum atomic E-state index is 10.3. The van der Waals surface area contributed by atoms with Crippen molar-refractivity contribution in [3.63, 3.8) is 0 Å². The Kier molecular flexibility index (Phi) is 6.30. The van der Waals surface area contributed by atoms with Crippen molar-refractivity contribution in [3.8, 4) is 11.5 Å². The summed E-state index contributed by atoms with van der Waals surface area (Å²) in [5.41, 5.74) is 3.87. The Morgan fingerprint density at radius 3 is 1.97 bits per heavy atom. The summed E-state index contributed by atoms with van der Waals surface area (Å²) in [4.78, 5) is 11.1. The molecule has 0 spiro atoms. The summed E-state index contributed by atoms with van der Waals surface area (Å²) >= 11 is 0. The average Bonchev–Trinajstić information content (AvgIpc) is 2.89. The van der Waals surface area contributed by atoms with Crippen LogP contribution in [-0.4, -0.2) is 20.2 Å². The summed E-state index contributed by atoms with van der Waals surface area (Å²) < 4.78 is 0. The van der Waals surface area contributed by atoms with Crippen LogP contribution < -0.4 is 4.90 Å². The molecule has 0 fully saturated rings. The summed E-state index contributed by atoms with van der Waals surface area (Å²) in [6.07, 6.45) is 3.58. The van der Waals surface area contributed by atoms with Crippen molar-refractivity contribution in [3.05, 3.63) is 115 Å². The number of aromatic hydroxyl groups is 2. The number of phenolic OH excluding ortho intramolecular Hbond substituents is 2. The molecule has 3 aromatic carbocycles. The minimum Gasteiger partial charge on any atom is -0.508 e. The molecule has 0 amide bonds. The molecule has 0 radical (unpaired) electrons. The maximum absolute atomic E-state index is 10.3. The number of pyridine rings is 2. The van der Waals surface area contributed by atoms with Gasteiger partial charge in [0.25, 0.3) is 0 Å². The van der Waals surface area contributed by atoms with Crippen molar-refractivity contribution >= 4 is 27.8 Å². The third-order valence-electron chi connectivity index (χ3n) is 5.59.